The average Bonchev–Trinajstić information content (AvgIpc) is 1.21. The lowest BCUT2D eigenvalue weighted by Crippen LogP contribution is -2.40. The van der Waals surface area contributed by atoms with Gasteiger partial charge in [-0.1, -0.05) is 357 Å². The van der Waals surface area contributed by atoms with E-state index in [0.717, 1.165) is 141 Å². The molecule has 0 rings (SSSR count). The Kier molecular flexibility index (Phi) is 75.6. The summed E-state index contributed by atoms with van der Waals surface area (Å²) in [5, 5.41) is 9.78. The van der Waals surface area contributed by atoms with Gasteiger partial charge in [0.15, 0.2) is 6.10 Å². The van der Waals surface area contributed by atoms with Crippen molar-refractivity contribution in [2.24, 2.45) is 0 Å². The molecule has 0 aliphatic carbocycles. The molecule has 0 aliphatic rings. The monoisotopic (exact) mass is 1400 g/mol. The molecule has 0 saturated carbocycles. The maximum absolute atomic E-state index is 13.0. The van der Waals surface area contributed by atoms with Crippen molar-refractivity contribution < 1.29 is 42.9 Å². The lowest BCUT2D eigenvalue weighted by atomic mass is 10.0. The third-order valence-electron chi connectivity index (χ3n) is 17.2. The first-order chi connectivity index (χ1) is 49.6. The summed E-state index contributed by atoms with van der Waals surface area (Å²) in [7, 11) is 5.98. The summed E-state index contributed by atoms with van der Waals surface area (Å²) in [6.45, 7) is 4.66. The van der Waals surface area contributed by atoms with E-state index in [0.29, 0.717) is 23.9 Å². The standard InChI is InChI=1S/C92H151NO8/c1-6-8-10-12-14-16-18-20-22-24-26-28-30-32-34-36-38-40-42-43-44-45-46-47-49-51-53-55-57-59-61-63-65-67-69-71-73-75-77-79-81-83-90(95)101-88(87-100-92(91(96)97)98-85-84-93(3,4)5)86-99-89(94)82-80-78-76-74-72-70-68-66-64-62-60-58-56-54-52-50-48-41-39-37-35-33-31-29-27-25-23-21-19-17-15-13-11-9-7-2/h8-11,14-17,20-23,26-29,32-35,38,40,43-44,46-47,51,53,57,59,88,92H,6-7,12-13,18-19,24-25,30-31,36-37,39,41-42,45,48-50,52,54-56,58,60-87H2,1-5H3/p+1/b10-8-,11-9-,16-14-,17-15-,22-20-,23-21-,28-26-,29-27-,34-32-,35-33-,40-38-,44-43-,47-46-,53-51-,59-57-. The van der Waals surface area contributed by atoms with Crippen LogP contribution in [0.15, 0.2) is 182 Å². The van der Waals surface area contributed by atoms with E-state index in [1.54, 1.807) is 0 Å². The lowest BCUT2D eigenvalue weighted by Gasteiger charge is -2.25. The second-order valence-corrected chi connectivity index (χ2v) is 28.0. The highest BCUT2D eigenvalue weighted by atomic mass is 16.7. The molecule has 2 atom stereocenters. The van der Waals surface area contributed by atoms with Gasteiger partial charge >= 0.3 is 17.9 Å². The molecular formula is C92H152NO8+. The number of ether oxygens (including phenoxy) is 4. The molecule has 101 heavy (non-hydrogen) atoms. The highest BCUT2D eigenvalue weighted by molar-refractivity contribution is 5.71. The highest BCUT2D eigenvalue weighted by Gasteiger charge is 2.25. The number of aliphatic carboxylic acids is 1. The number of quaternary nitrogens is 1. The van der Waals surface area contributed by atoms with Gasteiger partial charge in [0.1, 0.15) is 13.2 Å². The van der Waals surface area contributed by atoms with Crippen molar-refractivity contribution >= 4 is 17.9 Å². The van der Waals surface area contributed by atoms with E-state index in [-0.39, 0.29) is 32.2 Å². The molecule has 572 valence electrons. The molecule has 0 aromatic heterocycles. The van der Waals surface area contributed by atoms with Crippen LogP contribution in [0.25, 0.3) is 0 Å². The van der Waals surface area contributed by atoms with Crippen LogP contribution in [0.1, 0.15) is 322 Å². The maximum atomic E-state index is 13.0. The zero-order valence-corrected chi connectivity index (χ0v) is 65.5. The van der Waals surface area contributed by atoms with Crippen LogP contribution in [-0.4, -0.2) is 87.4 Å². The first-order valence-corrected chi connectivity index (χ1v) is 40.9. The summed E-state index contributed by atoms with van der Waals surface area (Å²) < 4.78 is 23.0. The first kappa shape index (κ1) is 95.4. The van der Waals surface area contributed by atoms with Gasteiger partial charge in [-0.15, -0.1) is 0 Å². The smallest absolute Gasteiger partial charge is 0.361 e. The number of hydrogen-bond acceptors (Lipinski definition) is 7. The molecule has 1 N–H and O–H groups in total. The van der Waals surface area contributed by atoms with E-state index in [2.05, 4.69) is 196 Å². The van der Waals surface area contributed by atoms with E-state index < -0.39 is 24.3 Å². The number of unbranched alkanes of at least 4 members (excludes halogenated alkanes) is 29. The number of allylic oxidation sites excluding steroid dienone is 30. The Labute approximate surface area is 621 Å². The van der Waals surface area contributed by atoms with E-state index in [4.69, 9.17) is 18.9 Å². The zero-order chi connectivity index (χ0) is 73.2. The van der Waals surface area contributed by atoms with Gasteiger partial charge in [-0.3, -0.25) is 9.59 Å². The van der Waals surface area contributed by atoms with Gasteiger partial charge in [-0.2, -0.15) is 0 Å². The van der Waals surface area contributed by atoms with Crippen molar-refractivity contribution in [3.63, 3.8) is 0 Å². The summed E-state index contributed by atoms with van der Waals surface area (Å²) in [5.74, 6) is -2.01. The molecule has 9 nitrogen and oxygen atoms in total. The van der Waals surface area contributed by atoms with Gasteiger partial charge in [-0.05, 0) is 135 Å². The number of esters is 2. The van der Waals surface area contributed by atoms with E-state index in [1.165, 1.54) is 148 Å². The Bertz CT molecular complexity index is 2330. The SMILES string of the molecule is CC/C=C\C/C=C\C/C=C\C/C=C\C/C=C\C/C=C\C/C=C\C/C=C\C/C=C\C/C=C\CCCCCCCCCCCCC(=O)OC(COC(=O)CCCCCCCCCCCCCCCCCCCCC/C=C\C/C=C\C/C=C\C/C=C\C/C=C\CC)COC(OCC[N+](C)(C)C)C(=O)O. The second kappa shape index (κ2) is 80.1. The summed E-state index contributed by atoms with van der Waals surface area (Å²) in [4.78, 5) is 37.8. The van der Waals surface area contributed by atoms with E-state index in [1.807, 2.05) is 21.1 Å². The number of nitrogens with zero attached hydrogens (tertiary/aromatic N) is 1. The number of likely N-dealkylation sites (N-methyl/N-ethyl adjacent to an activating group) is 1. The van der Waals surface area contributed by atoms with Gasteiger partial charge in [0, 0.05) is 12.8 Å². The number of rotatable bonds is 74. The van der Waals surface area contributed by atoms with Crippen molar-refractivity contribution in [2.45, 2.75) is 334 Å². The minimum Gasteiger partial charge on any atom is -0.477 e. The summed E-state index contributed by atoms with van der Waals surface area (Å²) in [6, 6.07) is 0. The molecule has 0 saturated heterocycles. The Morgan fingerprint density at radius 2 is 0.535 bits per heavy atom. The molecule has 0 spiro atoms. The summed E-state index contributed by atoms with van der Waals surface area (Å²) >= 11 is 0. The molecule has 0 aromatic carbocycles. The Hall–Kier alpha value is -5.61. The third-order valence-corrected chi connectivity index (χ3v) is 17.2. The Morgan fingerprint density at radius 1 is 0.297 bits per heavy atom. The summed E-state index contributed by atoms with van der Waals surface area (Å²) in [6.07, 6.45) is 119. The maximum Gasteiger partial charge on any atom is 0.361 e. The van der Waals surface area contributed by atoms with E-state index in [9.17, 15) is 19.5 Å². The molecular weight excluding hydrogens is 1250 g/mol. The predicted octanol–water partition coefficient (Wildman–Crippen LogP) is 26.7. The van der Waals surface area contributed by atoms with Crippen molar-refractivity contribution in [1.29, 1.82) is 0 Å². The first-order valence-electron chi connectivity index (χ1n) is 40.9. The number of carboxylic acids is 1. The molecule has 0 aliphatic heterocycles. The minimum absolute atomic E-state index is 0.180. The van der Waals surface area contributed by atoms with Crippen LogP contribution in [0.5, 0.6) is 0 Å². The van der Waals surface area contributed by atoms with Crippen molar-refractivity contribution in [2.75, 3.05) is 47.5 Å². The normalized spacial score (nSPS) is 13.6. The van der Waals surface area contributed by atoms with Crippen LogP contribution >= 0.6 is 0 Å². The topological polar surface area (TPSA) is 108 Å². The van der Waals surface area contributed by atoms with Crippen LogP contribution in [0.3, 0.4) is 0 Å². The van der Waals surface area contributed by atoms with Crippen LogP contribution in [0.2, 0.25) is 0 Å². The van der Waals surface area contributed by atoms with Crippen molar-refractivity contribution in [3.05, 3.63) is 182 Å². The van der Waals surface area contributed by atoms with Crippen molar-refractivity contribution in [1.82, 2.24) is 0 Å². The van der Waals surface area contributed by atoms with Crippen molar-refractivity contribution in [3.8, 4) is 0 Å². The number of carbonyl (C=O) groups excluding carboxylic acids is 2. The number of carbonyl (C=O) groups is 3. The molecule has 0 bridgehead atoms. The molecule has 9 heteroatoms. The quantitative estimate of drug-likeness (QED) is 0.0211. The Balaban J connectivity index is 4.08. The molecule has 0 heterocycles. The lowest BCUT2D eigenvalue weighted by molar-refractivity contribution is -0.870. The second-order valence-electron chi connectivity index (χ2n) is 28.0. The van der Waals surface area contributed by atoms with Crippen LogP contribution in [0.4, 0.5) is 0 Å². The fourth-order valence-electron chi connectivity index (χ4n) is 11.0. The minimum atomic E-state index is -1.52. The van der Waals surface area contributed by atoms with Crippen LogP contribution in [-0.2, 0) is 33.3 Å². The average molecular weight is 1400 g/mol. The third kappa shape index (κ3) is 81.6. The fourth-order valence-corrected chi connectivity index (χ4v) is 11.0. The molecule has 0 radical (unpaired) electrons. The molecule has 0 amide bonds. The van der Waals surface area contributed by atoms with E-state index >= 15 is 0 Å². The largest absolute Gasteiger partial charge is 0.477 e. The fraction of sp³-hybridized carbons (Fsp3) is 0.641. The zero-order valence-electron chi connectivity index (χ0n) is 65.5. The molecule has 0 fully saturated rings. The van der Waals surface area contributed by atoms with Gasteiger partial charge in [0.25, 0.3) is 6.29 Å². The molecule has 2 unspecified atom stereocenters. The van der Waals surface area contributed by atoms with Gasteiger partial charge in [0.05, 0.1) is 34.4 Å². The van der Waals surface area contributed by atoms with Crippen LogP contribution in [0, 0.1) is 0 Å². The number of hydrogen-bond donors (Lipinski definition) is 1. The molecule has 0 aromatic rings. The predicted molar refractivity (Wildman–Crippen MR) is 437 cm³/mol. The van der Waals surface area contributed by atoms with Gasteiger partial charge in [-0.25, -0.2) is 4.79 Å². The van der Waals surface area contributed by atoms with Crippen LogP contribution < -0.4 is 0 Å². The van der Waals surface area contributed by atoms with Gasteiger partial charge < -0.3 is 28.5 Å². The van der Waals surface area contributed by atoms with Gasteiger partial charge in [0.2, 0.25) is 0 Å². The Morgan fingerprint density at radius 3 is 0.792 bits per heavy atom. The number of carboxylic acid groups (broad SMARTS) is 1. The highest BCUT2D eigenvalue weighted by Crippen LogP contribution is 2.18. The summed E-state index contributed by atoms with van der Waals surface area (Å²) in [5.41, 5.74) is 0.